The molecule has 0 bridgehead atoms. The average Bonchev–Trinajstić information content (AvgIpc) is 3.44. The van der Waals surface area contributed by atoms with Gasteiger partial charge in [-0.2, -0.15) is 5.26 Å². The van der Waals surface area contributed by atoms with E-state index in [4.69, 9.17) is 16.3 Å². The van der Waals surface area contributed by atoms with E-state index in [9.17, 15) is 14.9 Å². The van der Waals surface area contributed by atoms with Gasteiger partial charge in [0.15, 0.2) is 0 Å². The van der Waals surface area contributed by atoms with Crippen molar-refractivity contribution >= 4 is 28.4 Å². The van der Waals surface area contributed by atoms with E-state index in [1.807, 2.05) is 12.1 Å². The summed E-state index contributed by atoms with van der Waals surface area (Å²) in [5.74, 6) is 0.839. The van der Waals surface area contributed by atoms with Crippen molar-refractivity contribution in [1.29, 1.82) is 5.26 Å². The minimum atomic E-state index is -0.224. The van der Waals surface area contributed by atoms with Crippen LogP contribution in [-0.2, 0) is 22.6 Å². The monoisotopic (exact) mass is 533 g/mol. The zero-order valence-corrected chi connectivity index (χ0v) is 22.4. The third-order valence-corrected chi connectivity index (χ3v) is 8.08. The van der Waals surface area contributed by atoms with Crippen LogP contribution >= 0.6 is 11.6 Å². The minimum Gasteiger partial charge on any atom is -0.381 e. The average molecular weight is 534 g/mol. The molecule has 2 aliphatic rings. The van der Waals surface area contributed by atoms with E-state index in [1.54, 1.807) is 25.2 Å². The number of carbonyl (C=O) groups excluding carboxylic acids is 1. The Morgan fingerprint density at radius 1 is 1.21 bits per heavy atom. The van der Waals surface area contributed by atoms with Gasteiger partial charge in [-0.15, -0.1) is 0 Å². The van der Waals surface area contributed by atoms with Crippen LogP contribution in [0.3, 0.4) is 0 Å². The molecule has 1 aromatic heterocycles. The van der Waals surface area contributed by atoms with Crippen LogP contribution in [0.4, 0.5) is 0 Å². The predicted octanol–water partition coefficient (Wildman–Crippen LogP) is 3.80. The smallest absolute Gasteiger partial charge is 0.261 e. The van der Waals surface area contributed by atoms with Crippen LogP contribution in [-0.4, -0.2) is 65.2 Å². The Morgan fingerprint density at radius 3 is 2.76 bits per heavy atom. The highest BCUT2D eigenvalue weighted by atomic mass is 35.5. The molecule has 0 N–H and O–H groups in total. The molecule has 9 heteroatoms. The number of ether oxygens (including phenoxy) is 1. The van der Waals surface area contributed by atoms with Gasteiger partial charge in [0, 0.05) is 26.7 Å². The second-order valence-electron chi connectivity index (χ2n) is 10.4. The SMILES string of the molecule is CN(Cc1ccc(Cl)c(C#N)c1)C(=O)Cn1cnc2ccc(C3CCN(CC4CCOC4)CC3)cc2c1=O. The van der Waals surface area contributed by atoms with E-state index in [-0.39, 0.29) is 18.0 Å². The number of piperidine rings is 1. The lowest BCUT2D eigenvalue weighted by Gasteiger charge is -2.33. The first kappa shape index (κ1) is 26.4. The minimum absolute atomic E-state index is 0.107. The molecule has 0 spiro atoms. The highest BCUT2D eigenvalue weighted by molar-refractivity contribution is 6.31. The van der Waals surface area contributed by atoms with Crippen LogP contribution in [0.2, 0.25) is 5.02 Å². The first-order valence-electron chi connectivity index (χ1n) is 13.1. The van der Waals surface area contributed by atoms with Crippen molar-refractivity contribution in [3.8, 4) is 6.07 Å². The van der Waals surface area contributed by atoms with Crippen molar-refractivity contribution in [2.45, 2.75) is 38.3 Å². The number of nitrogens with zero attached hydrogens (tertiary/aromatic N) is 5. The molecule has 1 amide bonds. The van der Waals surface area contributed by atoms with Gasteiger partial charge in [-0.1, -0.05) is 23.7 Å². The molecular weight excluding hydrogens is 502 g/mol. The summed E-state index contributed by atoms with van der Waals surface area (Å²) in [5.41, 5.74) is 2.75. The predicted molar refractivity (Wildman–Crippen MR) is 146 cm³/mol. The molecule has 198 valence electrons. The van der Waals surface area contributed by atoms with Crippen molar-refractivity contribution in [3.05, 3.63) is 74.8 Å². The number of rotatable bonds is 7. The van der Waals surface area contributed by atoms with Crippen molar-refractivity contribution in [3.63, 3.8) is 0 Å². The van der Waals surface area contributed by atoms with Gasteiger partial charge in [-0.25, -0.2) is 4.98 Å². The van der Waals surface area contributed by atoms with Gasteiger partial charge < -0.3 is 14.5 Å². The van der Waals surface area contributed by atoms with Crippen molar-refractivity contribution in [1.82, 2.24) is 19.4 Å². The summed E-state index contributed by atoms with van der Waals surface area (Å²) in [6.45, 7) is 5.19. The van der Waals surface area contributed by atoms with E-state index in [2.05, 4.69) is 22.0 Å². The lowest BCUT2D eigenvalue weighted by atomic mass is 9.88. The fourth-order valence-electron chi connectivity index (χ4n) is 5.47. The van der Waals surface area contributed by atoms with Gasteiger partial charge in [0.05, 0.1) is 34.4 Å². The summed E-state index contributed by atoms with van der Waals surface area (Å²) in [6.07, 6.45) is 4.73. The number of amides is 1. The standard InChI is InChI=1S/C29H32ClN5O3/c1-33(15-20-2-4-26(30)24(12-20)14-31)28(36)17-35-19-32-27-5-3-23(13-25(27)29(35)37)22-6-9-34(10-7-22)16-21-8-11-38-18-21/h2-5,12-13,19,21-22H,6-11,15-18H2,1H3. The van der Waals surface area contributed by atoms with Crippen molar-refractivity contribution < 1.29 is 9.53 Å². The molecular formula is C29H32ClN5O3. The first-order chi connectivity index (χ1) is 18.4. The fraction of sp³-hybridized carbons (Fsp3) is 0.448. The normalized spacial score (nSPS) is 18.5. The topological polar surface area (TPSA) is 91.5 Å². The van der Waals surface area contributed by atoms with Gasteiger partial charge >= 0.3 is 0 Å². The fourth-order valence-corrected chi connectivity index (χ4v) is 5.63. The van der Waals surface area contributed by atoms with Crippen molar-refractivity contribution in [2.24, 2.45) is 5.92 Å². The molecule has 0 aliphatic carbocycles. The van der Waals surface area contributed by atoms with E-state index in [0.29, 0.717) is 39.9 Å². The molecule has 1 unspecified atom stereocenters. The Kier molecular flexibility index (Phi) is 8.08. The number of nitriles is 1. The van der Waals surface area contributed by atoms with E-state index < -0.39 is 0 Å². The molecule has 38 heavy (non-hydrogen) atoms. The zero-order valence-electron chi connectivity index (χ0n) is 21.6. The Hall–Kier alpha value is -3.25. The Balaban J connectivity index is 1.25. The Morgan fingerprint density at radius 2 is 2.03 bits per heavy atom. The third kappa shape index (κ3) is 5.91. The van der Waals surface area contributed by atoms with Gasteiger partial charge in [-0.3, -0.25) is 14.2 Å². The van der Waals surface area contributed by atoms with Gasteiger partial charge in [0.2, 0.25) is 5.91 Å². The van der Waals surface area contributed by atoms with E-state index in [1.165, 1.54) is 15.8 Å². The number of hydrogen-bond donors (Lipinski definition) is 0. The quantitative estimate of drug-likeness (QED) is 0.459. The maximum Gasteiger partial charge on any atom is 0.261 e. The maximum atomic E-state index is 13.3. The number of likely N-dealkylation sites (tertiary alicyclic amines) is 1. The second-order valence-corrected chi connectivity index (χ2v) is 10.8. The van der Waals surface area contributed by atoms with Crippen LogP contribution in [0.25, 0.3) is 10.9 Å². The van der Waals surface area contributed by atoms with Gasteiger partial charge in [0.25, 0.3) is 5.56 Å². The summed E-state index contributed by atoms with van der Waals surface area (Å²) in [7, 11) is 1.67. The number of benzene rings is 2. The molecule has 3 aromatic rings. The molecule has 2 fully saturated rings. The van der Waals surface area contributed by atoms with Crippen LogP contribution in [0.15, 0.2) is 47.5 Å². The Labute approximate surface area is 227 Å². The highest BCUT2D eigenvalue weighted by Crippen LogP contribution is 2.30. The molecule has 3 heterocycles. The van der Waals surface area contributed by atoms with Crippen LogP contribution in [0.5, 0.6) is 0 Å². The van der Waals surface area contributed by atoms with Crippen LogP contribution in [0.1, 0.15) is 41.9 Å². The summed E-state index contributed by atoms with van der Waals surface area (Å²) in [6, 6.07) is 13.1. The number of halogens is 1. The Bertz CT molecular complexity index is 1420. The van der Waals surface area contributed by atoms with E-state index in [0.717, 1.165) is 63.2 Å². The molecule has 5 rings (SSSR count). The largest absolute Gasteiger partial charge is 0.381 e. The molecule has 8 nitrogen and oxygen atoms in total. The lowest BCUT2D eigenvalue weighted by molar-refractivity contribution is -0.131. The zero-order chi connectivity index (χ0) is 26.6. The number of fused-ring (bicyclic) bond motifs is 1. The molecule has 0 radical (unpaired) electrons. The number of aromatic nitrogens is 2. The maximum absolute atomic E-state index is 13.3. The summed E-state index contributed by atoms with van der Waals surface area (Å²) in [5, 5.41) is 10.1. The molecule has 2 aliphatic heterocycles. The lowest BCUT2D eigenvalue weighted by Crippen LogP contribution is -2.36. The van der Waals surface area contributed by atoms with Gasteiger partial charge in [0.1, 0.15) is 12.6 Å². The molecule has 0 saturated carbocycles. The van der Waals surface area contributed by atoms with Gasteiger partial charge in [-0.05, 0) is 79.6 Å². The molecule has 2 aromatic carbocycles. The van der Waals surface area contributed by atoms with Crippen LogP contribution < -0.4 is 5.56 Å². The van der Waals surface area contributed by atoms with E-state index >= 15 is 0 Å². The summed E-state index contributed by atoms with van der Waals surface area (Å²) < 4.78 is 6.90. The molecule has 1 atom stereocenters. The summed E-state index contributed by atoms with van der Waals surface area (Å²) in [4.78, 5) is 34.8. The van der Waals surface area contributed by atoms with Crippen LogP contribution in [0, 0.1) is 17.2 Å². The number of likely N-dealkylation sites (N-methyl/N-ethyl adjacent to an activating group) is 1. The highest BCUT2D eigenvalue weighted by Gasteiger charge is 2.25. The summed E-state index contributed by atoms with van der Waals surface area (Å²) >= 11 is 6.01. The molecule has 2 saturated heterocycles. The van der Waals surface area contributed by atoms with Crippen molar-refractivity contribution in [2.75, 3.05) is 39.9 Å². The number of hydrogen-bond acceptors (Lipinski definition) is 6. The first-order valence-corrected chi connectivity index (χ1v) is 13.5. The third-order valence-electron chi connectivity index (χ3n) is 7.75. The number of carbonyl (C=O) groups is 1. The second kappa shape index (κ2) is 11.6.